The summed E-state index contributed by atoms with van der Waals surface area (Å²) in [4.78, 5) is 9.31. The van der Waals surface area contributed by atoms with Gasteiger partial charge in [-0.2, -0.15) is 0 Å². The van der Waals surface area contributed by atoms with Crippen molar-refractivity contribution < 1.29 is 0 Å². The van der Waals surface area contributed by atoms with Crippen molar-refractivity contribution in [2.24, 2.45) is 9.98 Å². The number of hydrogen-bond acceptors (Lipinski definition) is 4. The molecule has 0 bridgehead atoms. The number of nitrogens with one attached hydrogen (secondary N) is 1. The van der Waals surface area contributed by atoms with E-state index in [2.05, 4.69) is 52.8 Å². The van der Waals surface area contributed by atoms with E-state index in [1.807, 2.05) is 30.3 Å². The first-order valence-corrected chi connectivity index (χ1v) is 9.58. The third-order valence-corrected chi connectivity index (χ3v) is 5.83. The van der Waals surface area contributed by atoms with Gasteiger partial charge in [0.2, 0.25) is 0 Å². The molecule has 0 fully saturated rings. The first-order valence-electron chi connectivity index (χ1n) is 8.33. The third kappa shape index (κ3) is 2.59. The van der Waals surface area contributed by atoms with Crippen LogP contribution < -0.4 is 5.32 Å². The van der Waals surface area contributed by atoms with Gasteiger partial charge in [0.15, 0.2) is 11.5 Å². The van der Waals surface area contributed by atoms with Crippen LogP contribution in [0.1, 0.15) is 11.1 Å². The summed E-state index contributed by atoms with van der Waals surface area (Å²) < 4.78 is 2.45. The Morgan fingerprint density at radius 2 is 1.62 bits per heavy atom. The maximum Gasteiger partial charge on any atom is 0.198 e. The number of nitrogens with zero attached hydrogens (tertiary/aromatic N) is 2. The summed E-state index contributed by atoms with van der Waals surface area (Å²) in [7, 11) is 0. The molecule has 1 aliphatic heterocycles. The summed E-state index contributed by atoms with van der Waals surface area (Å²) >= 11 is 8.13. The molecule has 26 heavy (non-hydrogen) atoms. The molecule has 3 nitrogen and oxygen atoms in total. The van der Waals surface area contributed by atoms with Crippen LogP contribution in [0.2, 0.25) is 0 Å². The van der Waals surface area contributed by atoms with Gasteiger partial charge in [0, 0.05) is 31.3 Å². The van der Waals surface area contributed by atoms with Gasteiger partial charge in [-0.25, -0.2) is 9.98 Å². The number of benzene rings is 3. The van der Waals surface area contributed by atoms with Crippen LogP contribution in [0, 0.1) is 0 Å². The van der Waals surface area contributed by atoms with Crippen molar-refractivity contribution >= 4 is 54.8 Å². The van der Waals surface area contributed by atoms with Gasteiger partial charge in [0.25, 0.3) is 0 Å². The molecule has 3 aromatic carbocycles. The first kappa shape index (κ1) is 15.6. The maximum absolute atomic E-state index is 6.36. The third-order valence-electron chi connectivity index (χ3n) is 4.40. The summed E-state index contributed by atoms with van der Waals surface area (Å²) in [5, 5.41) is 5.63. The van der Waals surface area contributed by atoms with Gasteiger partial charge in [-0.1, -0.05) is 72.3 Å². The van der Waals surface area contributed by atoms with Gasteiger partial charge < -0.3 is 5.32 Å². The number of aliphatic imine (C=N–C) groups is 2. The van der Waals surface area contributed by atoms with Crippen LogP contribution >= 0.6 is 22.9 Å². The zero-order chi connectivity index (χ0) is 17.5. The molecular formula is C21H14ClN3S. The Kier molecular flexibility index (Phi) is 3.73. The average Bonchev–Trinajstić information content (AvgIpc) is 3.07. The number of rotatable bonds is 2. The molecule has 126 valence electrons. The number of fused-ring (bicyclic) bond motifs is 3. The van der Waals surface area contributed by atoms with Gasteiger partial charge >= 0.3 is 0 Å². The van der Waals surface area contributed by atoms with E-state index in [9.17, 15) is 0 Å². The van der Waals surface area contributed by atoms with E-state index in [-0.39, 0.29) is 0 Å². The summed E-state index contributed by atoms with van der Waals surface area (Å²) in [6.07, 6.45) is 0. The maximum atomic E-state index is 6.36. The van der Waals surface area contributed by atoms with E-state index in [0.29, 0.717) is 5.84 Å². The number of alkyl halides is 1. The van der Waals surface area contributed by atoms with Gasteiger partial charge in [-0.3, -0.25) is 0 Å². The summed E-state index contributed by atoms with van der Waals surface area (Å²) in [6.45, 7) is 0. The molecule has 1 aromatic heterocycles. The lowest BCUT2D eigenvalue weighted by Crippen LogP contribution is -2.35. The molecule has 1 unspecified atom stereocenters. The Morgan fingerprint density at radius 1 is 0.846 bits per heavy atom. The van der Waals surface area contributed by atoms with Gasteiger partial charge in [0.05, 0.1) is 0 Å². The van der Waals surface area contributed by atoms with E-state index < -0.39 is 5.62 Å². The molecule has 0 aliphatic carbocycles. The highest BCUT2D eigenvalue weighted by atomic mass is 35.5. The highest BCUT2D eigenvalue weighted by Crippen LogP contribution is 2.36. The average molecular weight is 376 g/mol. The van der Waals surface area contributed by atoms with E-state index in [4.69, 9.17) is 16.6 Å². The Morgan fingerprint density at radius 3 is 2.50 bits per heavy atom. The van der Waals surface area contributed by atoms with Crippen LogP contribution in [-0.2, 0) is 0 Å². The molecule has 5 rings (SSSR count). The van der Waals surface area contributed by atoms with Crippen molar-refractivity contribution in [3.05, 3.63) is 83.9 Å². The van der Waals surface area contributed by atoms with Crippen molar-refractivity contribution in [2.45, 2.75) is 5.62 Å². The molecule has 4 aromatic rings. The SMILES string of the molecule is ClC1N=C(c2cccc3c2sc2ccccc23)N=C(c2ccccc2)N1. The quantitative estimate of drug-likeness (QED) is 0.371. The van der Waals surface area contributed by atoms with Crippen molar-refractivity contribution in [2.75, 3.05) is 0 Å². The predicted octanol–water partition coefficient (Wildman–Crippen LogP) is 5.37. The Hall–Kier alpha value is -2.69. The second kappa shape index (κ2) is 6.24. The van der Waals surface area contributed by atoms with Crippen LogP contribution in [0.4, 0.5) is 0 Å². The minimum Gasteiger partial charge on any atom is -0.335 e. The lowest BCUT2D eigenvalue weighted by atomic mass is 10.1. The zero-order valence-electron chi connectivity index (χ0n) is 13.7. The monoisotopic (exact) mass is 375 g/mol. The second-order valence-electron chi connectivity index (χ2n) is 6.04. The fraction of sp³-hybridized carbons (Fsp3) is 0.0476. The smallest absolute Gasteiger partial charge is 0.198 e. The number of amidine groups is 2. The van der Waals surface area contributed by atoms with E-state index in [1.54, 1.807) is 11.3 Å². The highest BCUT2D eigenvalue weighted by Gasteiger charge is 2.19. The molecule has 2 heterocycles. The van der Waals surface area contributed by atoms with Gasteiger partial charge in [0.1, 0.15) is 5.84 Å². The molecule has 0 saturated carbocycles. The lowest BCUT2D eigenvalue weighted by Gasteiger charge is -2.19. The molecule has 0 amide bonds. The van der Waals surface area contributed by atoms with Crippen molar-refractivity contribution in [3.8, 4) is 0 Å². The van der Waals surface area contributed by atoms with Crippen LogP contribution in [0.25, 0.3) is 20.2 Å². The van der Waals surface area contributed by atoms with Crippen LogP contribution in [0.15, 0.2) is 82.8 Å². The number of hydrogen-bond donors (Lipinski definition) is 1. The molecule has 0 spiro atoms. The fourth-order valence-corrected chi connectivity index (χ4v) is 4.62. The van der Waals surface area contributed by atoms with Crippen LogP contribution in [0.3, 0.4) is 0 Å². The molecule has 1 N–H and O–H groups in total. The number of thiophene rings is 1. The van der Waals surface area contributed by atoms with Crippen LogP contribution in [0.5, 0.6) is 0 Å². The minimum atomic E-state index is -0.539. The Balaban J connectivity index is 1.70. The molecule has 0 radical (unpaired) electrons. The molecule has 1 atom stereocenters. The minimum absolute atomic E-state index is 0.539. The lowest BCUT2D eigenvalue weighted by molar-refractivity contribution is 0.832. The normalized spacial score (nSPS) is 17.0. The highest BCUT2D eigenvalue weighted by molar-refractivity contribution is 7.26. The van der Waals surface area contributed by atoms with Gasteiger partial charge in [-0.05, 0) is 12.1 Å². The van der Waals surface area contributed by atoms with Crippen molar-refractivity contribution in [1.82, 2.24) is 5.32 Å². The molecular weight excluding hydrogens is 362 g/mol. The Bertz CT molecular complexity index is 1180. The summed E-state index contributed by atoms with van der Waals surface area (Å²) in [6, 6.07) is 24.7. The second-order valence-corrected chi connectivity index (χ2v) is 7.51. The van der Waals surface area contributed by atoms with Crippen molar-refractivity contribution in [1.29, 1.82) is 0 Å². The van der Waals surface area contributed by atoms with E-state index in [0.717, 1.165) is 17.0 Å². The zero-order valence-corrected chi connectivity index (χ0v) is 15.3. The van der Waals surface area contributed by atoms with Crippen molar-refractivity contribution in [3.63, 3.8) is 0 Å². The number of halogens is 1. The fourth-order valence-electron chi connectivity index (χ4n) is 3.22. The summed E-state index contributed by atoms with van der Waals surface area (Å²) in [5.41, 5.74) is 1.47. The van der Waals surface area contributed by atoms with E-state index in [1.165, 1.54) is 20.2 Å². The largest absolute Gasteiger partial charge is 0.335 e. The predicted molar refractivity (Wildman–Crippen MR) is 112 cm³/mol. The van der Waals surface area contributed by atoms with Crippen LogP contribution in [-0.4, -0.2) is 17.3 Å². The van der Waals surface area contributed by atoms with E-state index >= 15 is 0 Å². The Labute approximate surface area is 159 Å². The molecule has 0 saturated heterocycles. The molecule has 1 aliphatic rings. The standard InChI is InChI=1S/C21H14ClN3S/c22-21-24-19(13-7-2-1-3-8-13)23-20(25-21)16-11-6-10-15-14-9-4-5-12-17(14)26-18(15)16/h1-12,21H,(H,23,24,25). The summed E-state index contributed by atoms with van der Waals surface area (Å²) in [5.74, 6) is 1.41. The molecule has 5 heteroatoms. The topological polar surface area (TPSA) is 36.8 Å². The first-order chi connectivity index (χ1) is 12.8. The van der Waals surface area contributed by atoms with Gasteiger partial charge in [-0.15, -0.1) is 11.3 Å².